The minimum Gasteiger partial charge on any atom is -0.348 e. The highest BCUT2D eigenvalue weighted by Gasteiger charge is 2.36. The fourth-order valence-electron chi connectivity index (χ4n) is 4.96. The molecule has 0 aliphatic heterocycles. The van der Waals surface area contributed by atoms with Crippen LogP contribution in [0.2, 0.25) is 0 Å². The van der Waals surface area contributed by atoms with Crippen molar-refractivity contribution in [3.8, 4) is 11.3 Å². The van der Waals surface area contributed by atoms with E-state index in [1.807, 2.05) is 49.2 Å². The number of nitrogens with zero attached hydrogens (tertiary/aromatic N) is 2. The fraction of sp³-hybridized carbons (Fsp3) is 0.600. The number of nitrogens with one attached hydrogen (secondary N) is 1. The molecule has 1 heterocycles. The Morgan fingerprint density at radius 2 is 1.86 bits per heavy atom. The van der Waals surface area contributed by atoms with Gasteiger partial charge in [-0.2, -0.15) is 0 Å². The zero-order valence-electron chi connectivity index (χ0n) is 18.8. The van der Waals surface area contributed by atoms with Crippen molar-refractivity contribution in [2.24, 2.45) is 11.3 Å². The quantitative estimate of drug-likeness (QED) is 0.627. The third-order valence-electron chi connectivity index (χ3n) is 6.40. The Balaban J connectivity index is 1.88. The number of hydrogen-bond acceptors (Lipinski definition) is 2. The number of aromatic amines is 1. The molecule has 0 saturated heterocycles. The molecule has 1 atom stereocenters. The summed E-state index contributed by atoms with van der Waals surface area (Å²) in [6.07, 6.45) is 8.64. The SMILES string of the molecule is CCN(CC)C(=O)c1cccc(-c2c[nH]c(C(C3CCCCC3)C(C)(C)C)n2)c1. The van der Waals surface area contributed by atoms with Crippen LogP contribution in [0.15, 0.2) is 30.5 Å². The lowest BCUT2D eigenvalue weighted by molar-refractivity contribution is 0.0773. The highest BCUT2D eigenvalue weighted by Crippen LogP contribution is 2.45. The van der Waals surface area contributed by atoms with Crippen LogP contribution in [0, 0.1) is 11.3 Å². The Bertz CT molecular complexity index is 807. The molecular formula is C25H37N3O. The van der Waals surface area contributed by atoms with Gasteiger partial charge in [0.05, 0.1) is 5.69 Å². The average molecular weight is 396 g/mol. The van der Waals surface area contributed by atoms with Crippen molar-refractivity contribution in [2.75, 3.05) is 13.1 Å². The second-order valence-electron chi connectivity index (χ2n) is 9.47. The van der Waals surface area contributed by atoms with Crippen molar-refractivity contribution >= 4 is 5.91 Å². The number of carbonyl (C=O) groups is 1. The summed E-state index contributed by atoms with van der Waals surface area (Å²) in [4.78, 5) is 23.1. The van der Waals surface area contributed by atoms with E-state index in [9.17, 15) is 4.79 Å². The first-order valence-electron chi connectivity index (χ1n) is 11.3. The maximum atomic E-state index is 12.7. The van der Waals surface area contributed by atoms with Gasteiger partial charge in [0, 0.05) is 36.3 Å². The first-order valence-corrected chi connectivity index (χ1v) is 11.3. The topological polar surface area (TPSA) is 49.0 Å². The van der Waals surface area contributed by atoms with E-state index in [0.717, 1.165) is 35.7 Å². The molecule has 0 bridgehead atoms. The summed E-state index contributed by atoms with van der Waals surface area (Å²) < 4.78 is 0. The van der Waals surface area contributed by atoms with E-state index in [1.165, 1.54) is 32.1 Å². The molecule has 2 aromatic rings. The lowest BCUT2D eigenvalue weighted by Crippen LogP contribution is -2.30. The molecule has 0 radical (unpaired) electrons. The predicted octanol–water partition coefficient (Wildman–Crippen LogP) is 6.27. The second kappa shape index (κ2) is 9.15. The van der Waals surface area contributed by atoms with E-state index in [-0.39, 0.29) is 11.3 Å². The first-order chi connectivity index (χ1) is 13.8. The molecule has 0 spiro atoms. The Morgan fingerprint density at radius 1 is 1.17 bits per heavy atom. The molecule has 4 heteroatoms. The minimum absolute atomic E-state index is 0.0855. The van der Waals surface area contributed by atoms with Crippen molar-refractivity contribution in [1.29, 1.82) is 0 Å². The number of H-pyrrole nitrogens is 1. The monoisotopic (exact) mass is 395 g/mol. The largest absolute Gasteiger partial charge is 0.348 e. The van der Waals surface area contributed by atoms with E-state index in [1.54, 1.807) is 0 Å². The average Bonchev–Trinajstić information content (AvgIpc) is 3.18. The minimum atomic E-state index is 0.0855. The van der Waals surface area contributed by atoms with Crippen molar-refractivity contribution in [1.82, 2.24) is 14.9 Å². The molecule has 158 valence electrons. The number of rotatable bonds is 6. The summed E-state index contributed by atoms with van der Waals surface area (Å²) in [7, 11) is 0. The van der Waals surface area contributed by atoms with Crippen molar-refractivity contribution in [2.45, 2.75) is 72.6 Å². The summed E-state index contributed by atoms with van der Waals surface area (Å²) >= 11 is 0. The Labute approximate surface area is 176 Å². The van der Waals surface area contributed by atoms with Gasteiger partial charge in [-0.05, 0) is 50.2 Å². The van der Waals surface area contributed by atoms with Crippen LogP contribution in [-0.4, -0.2) is 33.9 Å². The lowest BCUT2D eigenvalue weighted by atomic mass is 9.68. The van der Waals surface area contributed by atoms with Crippen LogP contribution >= 0.6 is 0 Å². The summed E-state index contributed by atoms with van der Waals surface area (Å²) in [6.45, 7) is 12.5. The van der Waals surface area contributed by atoms with Crippen LogP contribution in [0.4, 0.5) is 0 Å². The molecular weight excluding hydrogens is 358 g/mol. The van der Waals surface area contributed by atoms with Crippen molar-refractivity contribution in [3.05, 3.63) is 41.9 Å². The smallest absolute Gasteiger partial charge is 0.253 e. The van der Waals surface area contributed by atoms with Gasteiger partial charge >= 0.3 is 0 Å². The molecule has 1 unspecified atom stereocenters. The van der Waals surface area contributed by atoms with E-state index < -0.39 is 0 Å². The first kappa shape index (κ1) is 21.6. The third kappa shape index (κ3) is 4.91. The lowest BCUT2D eigenvalue weighted by Gasteiger charge is -2.37. The van der Waals surface area contributed by atoms with Gasteiger partial charge in [-0.1, -0.05) is 52.2 Å². The maximum Gasteiger partial charge on any atom is 0.253 e. The predicted molar refractivity (Wildman–Crippen MR) is 120 cm³/mol. The Morgan fingerprint density at radius 3 is 2.48 bits per heavy atom. The molecule has 1 aromatic carbocycles. The number of amides is 1. The molecule has 1 saturated carbocycles. The Kier molecular flexibility index (Phi) is 6.81. The van der Waals surface area contributed by atoms with Crippen LogP contribution in [-0.2, 0) is 0 Å². The van der Waals surface area contributed by atoms with E-state index in [0.29, 0.717) is 11.8 Å². The van der Waals surface area contributed by atoms with Gasteiger partial charge < -0.3 is 9.88 Å². The molecule has 1 fully saturated rings. The number of hydrogen-bond donors (Lipinski definition) is 1. The Hall–Kier alpha value is -2.10. The van der Waals surface area contributed by atoms with Crippen LogP contribution in [0.1, 0.15) is 88.8 Å². The number of carbonyl (C=O) groups excluding carboxylic acids is 1. The number of aromatic nitrogens is 2. The normalized spacial score (nSPS) is 16.6. The zero-order chi connectivity index (χ0) is 21.0. The third-order valence-corrected chi connectivity index (χ3v) is 6.40. The summed E-state index contributed by atoms with van der Waals surface area (Å²) in [5, 5.41) is 0. The zero-order valence-corrected chi connectivity index (χ0v) is 18.8. The molecule has 1 amide bonds. The highest BCUT2D eigenvalue weighted by atomic mass is 16.2. The van der Waals surface area contributed by atoms with Gasteiger partial charge in [0.15, 0.2) is 0 Å². The van der Waals surface area contributed by atoms with Gasteiger partial charge in [-0.25, -0.2) is 4.98 Å². The van der Waals surface area contributed by atoms with Crippen molar-refractivity contribution < 1.29 is 4.79 Å². The molecule has 1 aromatic heterocycles. The molecule has 1 aliphatic carbocycles. The second-order valence-corrected chi connectivity index (χ2v) is 9.47. The summed E-state index contributed by atoms with van der Waals surface area (Å²) in [5.74, 6) is 2.30. The number of imidazole rings is 1. The fourth-order valence-corrected chi connectivity index (χ4v) is 4.96. The molecule has 4 nitrogen and oxygen atoms in total. The maximum absolute atomic E-state index is 12.7. The van der Waals surface area contributed by atoms with Gasteiger partial charge in [0.25, 0.3) is 5.91 Å². The van der Waals surface area contributed by atoms with Gasteiger partial charge in [0.1, 0.15) is 5.82 Å². The van der Waals surface area contributed by atoms with Gasteiger partial charge in [-0.3, -0.25) is 4.79 Å². The molecule has 29 heavy (non-hydrogen) atoms. The van der Waals surface area contributed by atoms with Gasteiger partial charge in [-0.15, -0.1) is 0 Å². The van der Waals surface area contributed by atoms with Gasteiger partial charge in [0.2, 0.25) is 0 Å². The summed E-state index contributed by atoms with van der Waals surface area (Å²) in [6, 6.07) is 7.89. The molecule has 3 rings (SSSR count). The molecule has 1 N–H and O–H groups in total. The van der Waals surface area contributed by atoms with Crippen LogP contribution < -0.4 is 0 Å². The number of benzene rings is 1. The van der Waals surface area contributed by atoms with Crippen molar-refractivity contribution in [3.63, 3.8) is 0 Å². The summed E-state index contributed by atoms with van der Waals surface area (Å²) in [5.41, 5.74) is 2.83. The molecule has 1 aliphatic rings. The van der Waals surface area contributed by atoms with Crippen LogP contribution in [0.25, 0.3) is 11.3 Å². The van der Waals surface area contributed by atoms with Crippen LogP contribution in [0.5, 0.6) is 0 Å². The highest BCUT2D eigenvalue weighted by molar-refractivity contribution is 5.95. The van der Waals surface area contributed by atoms with E-state index in [2.05, 4.69) is 25.8 Å². The van der Waals surface area contributed by atoms with Crippen LogP contribution in [0.3, 0.4) is 0 Å². The van der Waals surface area contributed by atoms with E-state index >= 15 is 0 Å². The van der Waals surface area contributed by atoms with E-state index in [4.69, 9.17) is 4.98 Å². The standard InChI is InChI=1S/C25H37N3O/c1-6-28(7-2)24(29)20-15-11-14-19(16-20)21-17-26-23(27-21)22(25(3,4)5)18-12-9-8-10-13-18/h11,14-18,22H,6-10,12-13H2,1-5H3,(H,26,27).